The van der Waals surface area contributed by atoms with Crippen LogP contribution in [0, 0.1) is 22.7 Å². The smallest absolute Gasteiger partial charge is 0.338 e. The van der Waals surface area contributed by atoms with Crippen molar-refractivity contribution in [1.29, 1.82) is 10.5 Å². The molecule has 140 valence electrons. The maximum atomic E-state index is 12.4. The van der Waals surface area contributed by atoms with E-state index < -0.39 is 12.1 Å². The number of nitriles is 2. The monoisotopic (exact) mass is 375 g/mol. The van der Waals surface area contributed by atoms with Gasteiger partial charge in [-0.05, 0) is 55.5 Å². The van der Waals surface area contributed by atoms with Crippen LogP contribution >= 0.6 is 0 Å². The molecule has 7 heteroatoms. The van der Waals surface area contributed by atoms with Crippen LogP contribution in [-0.2, 0) is 4.74 Å². The lowest BCUT2D eigenvalue weighted by molar-refractivity contribution is 0.0319. The van der Waals surface area contributed by atoms with Gasteiger partial charge in [-0.15, -0.1) is 0 Å². The van der Waals surface area contributed by atoms with E-state index in [9.17, 15) is 9.59 Å². The van der Waals surface area contributed by atoms with E-state index in [2.05, 4.69) is 5.32 Å². The minimum atomic E-state index is -0.949. The first-order chi connectivity index (χ1) is 13.5. The van der Waals surface area contributed by atoms with Crippen LogP contribution in [0.15, 0.2) is 60.3 Å². The number of benzene rings is 2. The second kappa shape index (κ2) is 9.56. The minimum Gasteiger partial charge on any atom is -0.497 e. The summed E-state index contributed by atoms with van der Waals surface area (Å²) in [5, 5.41) is 20.1. The van der Waals surface area contributed by atoms with Gasteiger partial charge in [-0.2, -0.15) is 10.5 Å². The first kappa shape index (κ1) is 20.2. The van der Waals surface area contributed by atoms with Gasteiger partial charge in [0.1, 0.15) is 23.5 Å². The number of anilines is 1. The van der Waals surface area contributed by atoms with Crippen LogP contribution in [0.5, 0.6) is 5.75 Å². The highest BCUT2D eigenvalue weighted by molar-refractivity contribution is 6.01. The average molecular weight is 375 g/mol. The summed E-state index contributed by atoms with van der Waals surface area (Å²) in [6, 6.07) is 16.2. The Balaban J connectivity index is 1.99. The van der Waals surface area contributed by atoms with Crippen molar-refractivity contribution in [1.82, 2.24) is 0 Å². The predicted octanol–water partition coefficient (Wildman–Crippen LogP) is 3.47. The number of carbonyl (C=O) groups is 2. The number of allylic oxidation sites excluding steroid dienone is 1. The van der Waals surface area contributed by atoms with Gasteiger partial charge < -0.3 is 14.8 Å². The first-order valence-electron chi connectivity index (χ1n) is 8.24. The molecule has 0 aromatic heterocycles. The fourth-order valence-corrected chi connectivity index (χ4v) is 2.22. The fourth-order valence-electron chi connectivity index (χ4n) is 2.22. The van der Waals surface area contributed by atoms with Gasteiger partial charge >= 0.3 is 5.97 Å². The highest BCUT2D eigenvalue weighted by atomic mass is 16.5. The molecule has 1 N–H and O–H groups in total. The summed E-state index contributed by atoms with van der Waals surface area (Å²) in [5.74, 6) is -0.326. The second-order valence-corrected chi connectivity index (χ2v) is 5.64. The Labute approximate surface area is 162 Å². The Hall–Kier alpha value is -4.10. The number of ether oxygens (including phenoxy) is 2. The number of rotatable bonds is 7. The Morgan fingerprint density at radius 3 is 2.11 bits per heavy atom. The van der Waals surface area contributed by atoms with Crippen molar-refractivity contribution in [2.24, 2.45) is 0 Å². The molecule has 0 aliphatic carbocycles. The van der Waals surface area contributed by atoms with Gasteiger partial charge in [-0.1, -0.05) is 0 Å². The Kier molecular flexibility index (Phi) is 6.90. The third kappa shape index (κ3) is 5.20. The van der Waals surface area contributed by atoms with Crippen LogP contribution < -0.4 is 10.1 Å². The van der Waals surface area contributed by atoms with Crippen molar-refractivity contribution in [2.45, 2.75) is 13.0 Å². The van der Waals surface area contributed by atoms with Crippen LogP contribution in [0.25, 0.3) is 0 Å². The molecule has 2 aromatic rings. The maximum Gasteiger partial charge on any atom is 0.338 e. The van der Waals surface area contributed by atoms with Crippen LogP contribution in [-0.4, -0.2) is 25.0 Å². The molecule has 0 fully saturated rings. The molecule has 0 heterocycles. The Bertz CT molecular complexity index is 949. The summed E-state index contributed by atoms with van der Waals surface area (Å²) in [7, 11) is 1.53. The van der Waals surface area contributed by atoms with Gasteiger partial charge in [-0.3, -0.25) is 4.79 Å². The minimum absolute atomic E-state index is 0.0747. The van der Waals surface area contributed by atoms with Crippen molar-refractivity contribution >= 4 is 17.4 Å². The molecular formula is C21H17N3O4. The molecule has 0 radical (unpaired) electrons. The second-order valence-electron chi connectivity index (χ2n) is 5.64. The lowest BCUT2D eigenvalue weighted by Gasteiger charge is -2.13. The Morgan fingerprint density at radius 2 is 1.57 bits per heavy atom. The molecule has 0 saturated heterocycles. The summed E-state index contributed by atoms with van der Waals surface area (Å²) in [4.78, 5) is 24.6. The average Bonchev–Trinajstić information content (AvgIpc) is 2.74. The number of methoxy groups -OCH3 is 1. The number of ketones is 1. The van der Waals surface area contributed by atoms with Crippen molar-refractivity contribution in [3.63, 3.8) is 0 Å². The number of Topliss-reactive ketones (excluding diaryl/α,β-unsaturated/α-hetero) is 1. The highest BCUT2D eigenvalue weighted by Gasteiger charge is 2.20. The largest absolute Gasteiger partial charge is 0.497 e. The predicted molar refractivity (Wildman–Crippen MR) is 102 cm³/mol. The van der Waals surface area contributed by atoms with Gasteiger partial charge in [0.2, 0.25) is 5.78 Å². The molecule has 2 aromatic carbocycles. The highest BCUT2D eigenvalue weighted by Crippen LogP contribution is 2.16. The standard InChI is InChI=1S/C21H17N3O4/c1-14(20(25)16-5-9-19(27-2)10-6-16)28-21(26)17-3-7-18(8-4-17)24-13-15(11-22)12-23/h3-10,13-14,24H,1-2H3. The summed E-state index contributed by atoms with van der Waals surface area (Å²) in [6.45, 7) is 1.51. The number of esters is 1. The molecule has 0 spiro atoms. The van der Waals surface area contributed by atoms with Gasteiger partial charge in [0, 0.05) is 17.5 Å². The summed E-state index contributed by atoms with van der Waals surface area (Å²) in [6.07, 6.45) is 0.318. The zero-order valence-corrected chi connectivity index (χ0v) is 15.3. The molecule has 0 aliphatic rings. The molecule has 2 rings (SSSR count). The molecule has 0 aliphatic heterocycles. The van der Waals surface area contributed by atoms with Crippen molar-refractivity contribution < 1.29 is 19.1 Å². The van der Waals surface area contributed by atoms with Gasteiger partial charge in [0.25, 0.3) is 0 Å². The van der Waals surface area contributed by atoms with Crippen molar-refractivity contribution in [3.05, 3.63) is 71.4 Å². The SMILES string of the molecule is COc1ccc(C(=O)C(C)OC(=O)c2ccc(NC=C(C#N)C#N)cc2)cc1. The van der Waals surface area contributed by atoms with E-state index in [1.54, 1.807) is 48.5 Å². The molecule has 28 heavy (non-hydrogen) atoms. The molecular weight excluding hydrogens is 358 g/mol. The molecule has 0 saturated carbocycles. The molecule has 7 nitrogen and oxygen atoms in total. The van der Waals surface area contributed by atoms with Crippen molar-refractivity contribution in [2.75, 3.05) is 12.4 Å². The van der Waals surface area contributed by atoms with Gasteiger partial charge in [-0.25, -0.2) is 4.79 Å². The van der Waals surface area contributed by atoms with E-state index in [4.69, 9.17) is 20.0 Å². The molecule has 1 unspecified atom stereocenters. The van der Waals surface area contributed by atoms with E-state index in [1.165, 1.54) is 32.4 Å². The van der Waals surface area contributed by atoms with Gasteiger partial charge in [0.05, 0.1) is 12.7 Å². The number of hydrogen-bond acceptors (Lipinski definition) is 7. The lowest BCUT2D eigenvalue weighted by atomic mass is 10.1. The summed E-state index contributed by atoms with van der Waals surface area (Å²) in [5.41, 5.74) is 1.19. The number of carbonyl (C=O) groups excluding carboxylic acids is 2. The normalized spacial score (nSPS) is 10.6. The summed E-state index contributed by atoms with van der Waals surface area (Å²) < 4.78 is 10.3. The van der Waals surface area contributed by atoms with Crippen LogP contribution in [0.2, 0.25) is 0 Å². The van der Waals surface area contributed by atoms with Crippen LogP contribution in [0.1, 0.15) is 27.6 Å². The van der Waals surface area contributed by atoms with E-state index in [0.717, 1.165) is 0 Å². The molecule has 1 atom stereocenters. The Morgan fingerprint density at radius 1 is 1.00 bits per heavy atom. The third-order valence-corrected chi connectivity index (χ3v) is 3.77. The molecule has 0 amide bonds. The quantitative estimate of drug-likeness (QED) is 0.448. The van der Waals surface area contributed by atoms with Gasteiger partial charge in [0.15, 0.2) is 6.10 Å². The summed E-state index contributed by atoms with van der Waals surface area (Å²) >= 11 is 0. The third-order valence-electron chi connectivity index (χ3n) is 3.77. The topological polar surface area (TPSA) is 112 Å². The van der Waals surface area contributed by atoms with Crippen LogP contribution in [0.3, 0.4) is 0 Å². The fraction of sp³-hybridized carbons (Fsp3) is 0.143. The number of hydrogen-bond donors (Lipinski definition) is 1. The number of nitrogens with zero attached hydrogens (tertiary/aromatic N) is 2. The molecule has 0 bridgehead atoms. The first-order valence-corrected chi connectivity index (χ1v) is 8.24. The number of nitrogens with one attached hydrogen (secondary N) is 1. The maximum absolute atomic E-state index is 12.4. The van der Waals surface area contributed by atoms with E-state index in [1.807, 2.05) is 0 Å². The van der Waals surface area contributed by atoms with E-state index in [0.29, 0.717) is 17.0 Å². The zero-order valence-electron chi connectivity index (χ0n) is 15.3. The van der Waals surface area contributed by atoms with Crippen LogP contribution in [0.4, 0.5) is 5.69 Å². The van der Waals surface area contributed by atoms with E-state index >= 15 is 0 Å². The van der Waals surface area contributed by atoms with Crippen molar-refractivity contribution in [3.8, 4) is 17.9 Å². The van der Waals surface area contributed by atoms with E-state index in [-0.39, 0.29) is 16.9 Å². The lowest BCUT2D eigenvalue weighted by Crippen LogP contribution is -2.24. The zero-order chi connectivity index (χ0) is 20.5.